The molecular weight excluding hydrogens is 591 g/mol. The summed E-state index contributed by atoms with van der Waals surface area (Å²) in [6, 6.07) is 13.7. The van der Waals surface area contributed by atoms with E-state index < -0.39 is 7.14 Å². The molecule has 6 aromatic rings. The number of rotatable bonds is 8. The van der Waals surface area contributed by atoms with Gasteiger partial charge in [-0.05, 0) is 55.8 Å². The maximum Gasteiger partial charge on any atom is 0.231 e. The zero-order chi connectivity index (χ0) is 31.1. The van der Waals surface area contributed by atoms with Crippen molar-refractivity contribution in [2.24, 2.45) is 7.05 Å². The maximum atomic E-state index is 13.5. The number of nitrogens with zero attached hydrogens (tertiary/aromatic N) is 7. The van der Waals surface area contributed by atoms with Gasteiger partial charge in [-0.15, -0.1) is 0 Å². The molecule has 0 radical (unpaired) electrons. The number of H-pyrrole nitrogens is 1. The van der Waals surface area contributed by atoms with Crippen LogP contribution < -0.4 is 20.8 Å². The molecule has 4 aromatic heterocycles. The first-order valence-corrected chi connectivity index (χ1v) is 17.0. The number of hydrogen-bond donors (Lipinski definition) is 3. The van der Waals surface area contributed by atoms with Crippen molar-refractivity contribution in [1.82, 2.24) is 34.7 Å². The SMILES string of the molecule is COC1CN(c2ccc(Nc3nc(Nc4ccc5nccnc5c4P(C)(C)=O)c4cc[nH]c4n3)cc2)C(c2cnn(C)c2)CO1. The van der Waals surface area contributed by atoms with Crippen LogP contribution in [0.1, 0.15) is 11.6 Å². The van der Waals surface area contributed by atoms with E-state index in [0.29, 0.717) is 52.6 Å². The normalized spacial score (nSPS) is 17.2. The lowest BCUT2D eigenvalue weighted by molar-refractivity contribution is -0.138. The van der Waals surface area contributed by atoms with E-state index in [9.17, 15) is 4.57 Å². The Balaban J connectivity index is 1.18. The van der Waals surface area contributed by atoms with Gasteiger partial charge >= 0.3 is 0 Å². The molecule has 5 heterocycles. The van der Waals surface area contributed by atoms with Crippen LogP contribution >= 0.6 is 7.14 Å². The highest BCUT2D eigenvalue weighted by Gasteiger charge is 2.31. The molecule has 2 atom stereocenters. The summed E-state index contributed by atoms with van der Waals surface area (Å²) in [5.41, 5.74) is 5.53. The molecule has 13 nitrogen and oxygen atoms in total. The Hall–Kier alpha value is -4.84. The van der Waals surface area contributed by atoms with Gasteiger partial charge in [0.05, 0.1) is 47.3 Å². The highest BCUT2D eigenvalue weighted by Crippen LogP contribution is 2.41. The van der Waals surface area contributed by atoms with Crippen molar-refractivity contribution in [3.05, 3.63) is 79.0 Å². The van der Waals surface area contributed by atoms with E-state index in [1.807, 2.05) is 56.0 Å². The standard InChI is InChI=1S/C31H33N10O3P/c1-40-16-19(15-35-40)25-18-44-26(43-2)17-41(25)21-7-5-20(6-8-21)36-31-38-29-22(11-12-34-29)30(39-31)37-24-10-9-23-27(33-14-13-32-23)28(24)45(3,4)42/h5-16,25-26H,17-18H2,1-4H3,(H3,34,36,37,38,39). The van der Waals surface area contributed by atoms with Crippen molar-refractivity contribution in [2.75, 3.05) is 49.1 Å². The van der Waals surface area contributed by atoms with E-state index in [1.54, 1.807) is 37.5 Å². The molecule has 2 unspecified atom stereocenters. The highest BCUT2D eigenvalue weighted by molar-refractivity contribution is 7.71. The zero-order valence-corrected chi connectivity index (χ0v) is 26.2. The van der Waals surface area contributed by atoms with E-state index in [0.717, 1.165) is 22.3 Å². The van der Waals surface area contributed by atoms with Crippen molar-refractivity contribution in [3.8, 4) is 0 Å². The van der Waals surface area contributed by atoms with Gasteiger partial charge in [0, 0.05) is 55.9 Å². The molecule has 0 aliphatic carbocycles. The predicted octanol–water partition coefficient (Wildman–Crippen LogP) is 4.92. The van der Waals surface area contributed by atoms with Crippen molar-refractivity contribution in [2.45, 2.75) is 12.3 Å². The van der Waals surface area contributed by atoms with Crippen molar-refractivity contribution in [3.63, 3.8) is 0 Å². The third-order valence-electron chi connectivity index (χ3n) is 7.81. The number of methoxy groups -OCH3 is 1. The van der Waals surface area contributed by atoms with Crippen LogP contribution in [-0.4, -0.2) is 74.6 Å². The summed E-state index contributed by atoms with van der Waals surface area (Å²) in [6.07, 6.45) is 8.61. The Morgan fingerprint density at radius 1 is 1.04 bits per heavy atom. The minimum atomic E-state index is -2.75. The molecule has 0 bridgehead atoms. The van der Waals surface area contributed by atoms with E-state index in [2.05, 4.69) is 47.7 Å². The molecule has 0 spiro atoms. The van der Waals surface area contributed by atoms with Crippen molar-refractivity contribution in [1.29, 1.82) is 0 Å². The number of aryl methyl sites for hydroxylation is 1. The number of aromatic nitrogens is 7. The Morgan fingerprint density at radius 2 is 1.87 bits per heavy atom. The lowest BCUT2D eigenvalue weighted by atomic mass is 10.1. The van der Waals surface area contributed by atoms with Crippen LogP contribution in [0, 0.1) is 0 Å². The third-order valence-corrected chi connectivity index (χ3v) is 9.34. The van der Waals surface area contributed by atoms with Crippen LogP contribution in [0.4, 0.5) is 28.8 Å². The Morgan fingerprint density at radius 3 is 2.62 bits per heavy atom. The monoisotopic (exact) mass is 624 g/mol. The van der Waals surface area contributed by atoms with Gasteiger partial charge in [0.15, 0.2) is 6.29 Å². The third kappa shape index (κ3) is 5.73. The minimum Gasteiger partial charge on any atom is -0.357 e. The predicted molar refractivity (Wildman–Crippen MR) is 176 cm³/mol. The molecule has 1 aliphatic rings. The number of nitrogens with one attached hydrogen (secondary N) is 3. The van der Waals surface area contributed by atoms with Gasteiger partial charge in [-0.25, -0.2) is 0 Å². The quantitative estimate of drug-likeness (QED) is 0.198. The Labute approximate surface area is 259 Å². The minimum absolute atomic E-state index is 0.00341. The van der Waals surface area contributed by atoms with Gasteiger partial charge in [0.2, 0.25) is 5.95 Å². The lowest BCUT2D eigenvalue weighted by Gasteiger charge is -2.40. The average Bonchev–Trinajstić information content (AvgIpc) is 3.69. The molecule has 0 saturated carbocycles. The summed E-state index contributed by atoms with van der Waals surface area (Å²) >= 11 is 0. The number of ether oxygens (including phenoxy) is 2. The number of fused-ring (bicyclic) bond motifs is 2. The largest absolute Gasteiger partial charge is 0.357 e. The number of hydrogen-bond acceptors (Lipinski definition) is 11. The second kappa shape index (κ2) is 11.6. The van der Waals surface area contributed by atoms with Gasteiger partial charge in [-0.1, -0.05) is 0 Å². The molecule has 7 rings (SSSR count). The summed E-state index contributed by atoms with van der Waals surface area (Å²) in [5.74, 6) is 0.967. The Bertz CT molecular complexity index is 2040. The number of aromatic amines is 1. The molecule has 0 amide bonds. The van der Waals surface area contributed by atoms with Gasteiger partial charge in [-0.3, -0.25) is 14.6 Å². The van der Waals surface area contributed by atoms with Crippen LogP contribution in [0.3, 0.4) is 0 Å². The van der Waals surface area contributed by atoms with Crippen molar-refractivity contribution < 1.29 is 14.0 Å². The molecule has 14 heteroatoms. The van der Waals surface area contributed by atoms with Crippen LogP contribution in [-0.2, 0) is 21.1 Å². The number of benzene rings is 2. The molecule has 3 N–H and O–H groups in total. The van der Waals surface area contributed by atoms with E-state index in [1.165, 1.54) is 0 Å². The Kier molecular flexibility index (Phi) is 7.44. The molecule has 2 aromatic carbocycles. The average molecular weight is 625 g/mol. The summed E-state index contributed by atoms with van der Waals surface area (Å²) in [4.78, 5) is 23.9. The van der Waals surface area contributed by atoms with Crippen LogP contribution in [0.5, 0.6) is 0 Å². The van der Waals surface area contributed by atoms with Gasteiger partial charge in [0.25, 0.3) is 0 Å². The zero-order valence-electron chi connectivity index (χ0n) is 25.3. The first-order chi connectivity index (χ1) is 21.8. The molecule has 230 valence electrons. The molecule has 1 saturated heterocycles. The summed E-state index contributed by atoms with van der Waals surface area (Å²) in [6.45, 7) is 4.53. The van der Waals surface area contributed by atoms with Crippen molar-refractivity contribution >= 4 is 63.3 Å². The first-order valence-electron chi connectivity index (χ1n) is 14.4. The van der Waals surface area contributed by atoms with Gasteiger partial charge in [0.1, 0.15) is 24.1 Å². The van der Waals surface area contributed by atoms with Crippen LogP contribution in [0.15, 0.2) is 73.4 Å². The smallest absolute Gasteiger partial charge is 0.231 e. The summed E-state index contributed by atoms with van der Waals surface area (Å²) < 4.78 is 26.7. The number of morpholine rings is 1. The highest BCUT2D eigenvalue weighted by atomic mass is 31.2. The summed E-state index contributed by atoms with van der Waals surface area (Å²) in [5, 5.41) is 12.5. The lowest BCUT2D eigenvalue weighted by Crippen LogP contribution is -2.45. The fourth-order valence-corrected chi connectivity index (χ4v) is 7.09. The van der Waals surface area contributed by atoms with Crippen LogP contribution in [0.2, 0.25) is 0 Å². The second-order valence-electron chi connectivity index (χ2n) is 11.3. The van der Waals surface area contributed by atoms with E-state index in [4.69, 9.17) is 19.4 Å². The first kappa shape index (κ1) is 28.9. The molecule has 45 heavy (non-hydrogen) atoms. The molecule has 1 aliphatic heterocycles. The topological polar surface area (TPSA) is 148 Å². The maximum absolute atomic E-state index is 13.5. The summed E-state index contributed by atoms with van der Waals surface area (Å²) in [7, 11) is 0.810. The van der Waals surface area contributed by atoms with E-state index in [-0.39, 0.29) is 12.3 Å². The van der Waals surface area contributed by atoms with Gasteiger partial charge in [-0.2, -0.15) is 15.1 Å². The molecule has 1 fully saturated rings. The van der Waals surface area contributed by atoms with E-state index >= 15 is 0 Å². The van der Waals surface area contributed by atoms with Gasteiger partial charge < -0.3 is 34.6 Å². The molecular formula is C31H33N10O3P. The number of anilines is 5. The van der Waals surface area contributed by atoms with Crippen LogP contribution in [0.25, 0.3) is 22.1 Å². The second-order valence-corrected chi connectivity index (χ2v) is 14.4. The fourth-order valence-electron chi connectivity index (χ4n) is 5.70. The fraction of sp³-hybridized carbons (Fsp3) is 0.258.